The standard InChI is InChI=1S/C57H94O29S/c1-20(2)16-25(59)18-57(9,72)31-11-10-27-32-28(13-15-56(27,31)8)55(7)14-12-26(86-87(73,74)75)17-29(55)46(37(32)64)82-52-44(71)47(35(62)23(5)78-52)83-53-49(85-51-42(69)39(66)34(61)22(4)77-51)43(70)45(24(6)79-53)81-54-48(40(67)36(63)30(19-58)80-54)84-50-41(68)38(65)33(60)21(3)76-50/h13,20-24,26-27,29-54,58,60-72H,10-12,14-19H2,1-9H3,(H,73,74,75). The van der Waals surface area contributed by atoms with Crippen LogP contribution in [0, 0.1) is 40.4 Å². The Morgan fingerprint density at radius 1 is 0.598 bits per heavy atom. The number of rotatable bonds is 18. The lowest BCUT2D eigenvalue weighted by molar-refractivity contribution is -0.407. The molecule has 0 spiro atoms. The van der Waals surface area contributed by atoms with E-state index in [1.165, 1.54) is 27.7 Å². The fraction of sp³-hybridized carbons (Fsp3) is 0.947. The van der Waals surface area contributed by atoms with Gasteiger partial charge in [-0.2, -0.15) is 8.42 Å². The van der Waals surface area contributed by atoms with E-state index < -0.39 is 217 Å². The van der Waals surface area contributed by atoms with Gasteiger partial charge >= 0.3 is 10.4 Å². The first-order chi connectivity index (χ1) is 40.5. The van der Waals surface area contributed by atoms with Gasteiger partial charge in [-0.15, -0.1) is 0 Å². The summed E-state index contributed by atoms with van der Waals surface area (Å²) in [5.74, 6) is -2.05. The Hall–Kier alpha value is -1.68. The van der Waals surface area contributed by atoms with Crippen LogP contribution in [0.15, 0.2) is 11.6 Å². The Kier molecular flexibility index (Phi) is 21.3. The maximum Gasteiger partial charge on any atom is 0.397 e. The summed E-state index contributed by atoms with van der Waals surface area (Å²) in [6.45, 7) is 14.2. The Balaban J connectivity index is 1.01. The number of carbonyl (C=O) groups excluding carboxylic acids is 1. The fourth-order valence-electron chi connectivity index (χ4n) is 16.0. The molecule has 87 heavy (non-hydrogen) atoms. The van der Waals surface area contributed by atoms with E-state index in [4.69, 9.17) is 51.6 Å². The van der Waals surface area contributed by atoms with E-state index in [1.807, 2.05) is 20.8 Å². The second kappa shape index (κ2) is 26.6. The maximum absolute atomic E-state index is 13.2. The number of ketones is 1. The van der Waals surface area contributed by atoms with Crippen molar-refractivity contribution in [2.75, 3.05) is 6.61 Å². The van der Waals surface area contributed by atoms with Crippen LogP contribution in [0.2, 0.25) is 0 Å². The number of hydrogen-bond donors (Lipinski definition) is 15. The molecule has 5 aliphatic heterocycles. The fourth-order valence-corrected chi connectivity index (χ4v) is 16.5. The average Bonchev–Trinajstić information content (AvgIpc) is 1.70. The summed E-state index contributed by atoms with van der Waals surface area (Å²) in [6.07, 6.45) is -43.1. The summed E-state index contributed by atoms with van der Waals surface area (Å²) < 4.78 is 101. The Bertz CT molecular complexity index is 2490. The smallest absolute Gasteiger partial charge is 0.394 e. The molecular formula is C57H94O29S. The van der Waals surface area contributed by atoms with E-state index in [-0.39, 0.29) is 42.8 Å². The number of aliphatic hydroxyl groups is 14. The van der Waals surface area contributed by atoms with Crippen molar-refractivity contribution in [3.63, 3.8) is 0 Å². The van der Waals surface area contributed by atoms with E-state index in [2.05, 4.69) is 13.0 Å². The van der Waals surface area contributed by atoms with Crippen LogP contribution in [0.4, 0.5) is 0 Å². The predicted octanol–water partition coefficient (Wildman–Crippen LogP) is -3.32. The molecule has 9 aliphatic rings. The zero-order valence-electron chi connectivity index (χ0n) is 50.3. The monoisotopic (exact) mass is 1270 g/mol. The molecule has 8 fully saturated rings. The zero-order chi connectivity index (χ0) is 64.1. The molecule has 0 amide bonds. The van der Waals surface area contributed by atoms with Crippen LogP contribution in [0.25, 0.3) is 0 Å². The van der Waals surface area contributed by atoms with E-state index in [9.17, 15) is 89.3 Å². The highest BCUT2D eigenvalue weighted by molar-refractivity contribution is 7.80. The third-order valence-electron chi connectivity index (χ3n) is 20.7. The molecule has 5 heterocycles. The molecule has 35 unspecified atom stereocenters. The van der Waals surface area contributed by atoms with Crippen molar-refractivity contribution in [2.45, 2.75) is 291 Å². The van der Waals surface area contributed by atoms with Crippen LogP contribution in [0.5, 0.6) is 0 Å². The predicted molar refractivity (Wildman–Crippen MR) is 292 cm³/mol. The number of carbonyl (C=O) groups is 1. The van der Waals surface area contributed by atoms with Crippen molar-refractivity contribution in [1.29, 1.82) is 0 Å². The van der Waals surface area contributed by atoms with Gasteiger partial charge in [0.05, 0.1) is 54.9 Å². The van der Waals surface area contributed by atoms with Gasteiger partial charge in [0, 0.05) is 18.8 Å². The Morgan fingerprint density at radius 3 is 1.67 bits per heavy atom. The van der Waals surface area contributed by atoms with Crippen LogP contribution >= 0.6 is 0 Å². The second-order valence-electron chi connectivity index (χ2n) is 27.2. The normalized spacial score (nSPS) is 52.1. The first-order valence-corrected chi connectivity index (χ1v) is 31.8. The number of aliphatic hydroxyl groups excluding tert-OH is 13. The first kappa shape index (κ1) is 69.7. The molecule has 35 atom stereocenters. The summed E-state index contributed by atoms with van der Waals surface area (Å²) in [7, 11) is -4.96. The van der Waals surface area contributed by atoms with Gasteiger partial charge < -0.3 is 119 Å². The van der Waals surface area contributed by atoms with Gasteiger partial charge in [-0.25, -0.2) is 4.18 Å². The van der Waals surface area contributed by atoms with Crippen LogP contribution in [0.3, 0.4) is 0 Å². The molecule has 30 heteroatoms. The molecule has 0 aromatic heterocycles. The number of ether oxygens (including phenoxy) is 10. The first-order valence-electron chi connectivity index (χ1n) is 30.5. The largest absolute Gasteiger partial charge is 0.397 e. The van der Waals surface area contributed by atoms with Crippen molar-refractivity contribution >= 4 is 16.2 Å². The highest BCUT2D eigenvalue weighted by Crippen LogP contribution is 2.67. The summed E-state index contributed by atoms with van der Waals surface area (Å²) in [5.41, 5.74) is -1.97. The quantitative estimate of drug-likeness (QED) is 0.0472. The van der Waals surface area contributed by atoms with E-state index in [1.54, 1.807) is 6.92 Å². The lowest BCUT2D eigenvalue weighted by Crippen LogP contribution is -2.68. The number of allylic oxidation sites excluding steroid dienone is 1. The van der Waals surface area contributed by atoms with Gasteiger partial charge in [0.15, 0.2) is 31.5 Å². The SMILES string of the molecule is CC(C)CC(=O)CC(C)(O)C1CCC2C3C(=CCC21C)C1(C)CCC(OS(=O)(=O)O)CC1C(OC1OC(C)C(O)C(OC2OC(C)C(OC4OC(CO)C(O)C(O)C4OC4OC(C)C(O)C(O)C4O)C(O)C2OC2OC(C)C(O)C(O)C2O)C1O)C3O. The third kappa shape index (κ3) is 13.6. The minimum absolute atomic E-state index is 0.0580. The van der Waals surface area contributed by atoms with Gasteiger partial charge in [0.1, 0.15) is 103 Å². The van der Waals surface area contributed by atoms with Crippen molar-refractivity contribution in [1.82, 2.24) is 0 Å². The van der Waals surface area contributed by atoms with Gasteiger partial charge in [0.25, 0.3) is 0 Å². The van der Waals surface area contributed by atoms with Crippen molar-refractivity contribution in [3.05, 3.63) is 11.6 Å². The molecule has 9 rings (SSSR count). The summed E-state index contributed by atoms with van der Waals surface area (Å²) >= 11 is 0. The van der Waals surface area contributed by atoms with Gasteiger partial charge in [-0.1, -0.05) is 39.3 Å². The summed E-state index contributed by atoms with van der Waals surface area (Å²) in [4.78, 5) is 13.2. The van der Waals surface area contributed by atoms with Crippen molar-refractivity contribution in [2.24, 2.45) is 40.4 Å². The van der Waals surface area contributed by atoms with Crippen LogP contribution in [-0.4, -0.2) is 274 Å². The highest BCUT2D eigenvalue weighted by Gasteiger charge is 2.66. The minimum Gasteiger partial charge on any atom is -0.394 e. The van der Waals surface area contributed by atoms with Crippen LogP contribution in [0.1, 0.15) is 114 Å². The second-order valence-corrected chi connectivity index (χ2v) is 28.2. The zero-order valence-corrected chi connectivity index (χ0v) is 51.1. The van der Waals surface area contributed by atoms with E-state index in [0.29, 0.717) is 32.1 Å². The molecule has 15 N–H and O–H groups in total. The maximum atomic E-state index is 13.2. The molecule has 29 nitrogen and oxygen atoms in total. The van der Waals surface area contributed by atoms with Crippen molar-refractivity contribution in [3.8, 4) is 0 Å². The molecule has 5 saturated heterocycles. The molecule has 4 aliphatic carbocycles. The van der Waals surface area contributed by atoms with Gasteiger partial charge in [0.2, 0.25) is 0 Å². The van der Waals surface area contributed by atoms with Gasteiger partial charge in [-0.3, -0.25) is 9.35 Å². The van der Waals surface area contributed by atoms with E-state index >= 15 is 0 Å². The van der Waals surface area contributed by atoms with Crippen molar-refractivity contribution < 1.29 is 141 Å². The molecule has 0 aromatic carbocycles. The van der Waals surface area contributed by atoms with Crippen LogP contribution < -0.4 is 0 Å². The average molecular weight is 1280 g/mol. The molecule has 0 bridgehead atoms. The van der Waals surface area contributed by atoms with E-state index in [0.717, 1.165) is 5.57 Å². The van der Waals surface area contributed by atoms with Gasteiger partial charge in [-0.05, 0) is 108 Å². The number of hydrogen-bond acceptors (Lipinski definition) is 28. The lowest BCUT2D eigenvalue weighted by atomic mass is 9.46. The number of Topliss-reactive ketones (excluding diaryl/α,β-unsaturated/α-hetero) is 1. The molecule has 502 valence electrons. The highest BCUT2D eigenvalue weighted by atomic mass is 32.3. The third-order valence-corrected chi connectivity index (χ3v) is 21.2. The molecule has 3 saturated carbocycles. The Labute approximate surface area is 505 Å². The summed E-state index contributed by atoms with van der Waals surface area (Å²) in [6, 6.07) is 0. The van der Waals surface area contributed by atoms with Crippen LogP contribution in [-0.2, 0) is 66.7 Å². The topological polar surface area (TPSA) is 456 Å². The lowest BCUT2D eigenvalue weighted by Gasteiger charge is -2.61. The molecular weight excluding hydrogens is 1180 g/mol. The minimum atomic E-state index is -4.96. The molecule has 0 radical (unpaired) electrons. The summed E-state index contributed by atoms with van der Waals surface area (Å²) in [5, 5.41) is 159. The number of fused-ring (bicyclic) bond motifs is 5. The molecule has 0 aromatic rings. The Morgan fingerprint density at radius 2 is 1.10 bits per heavy atom.